The minimum atomic E-state index is -4.95. The number of aliphatic carboxylic acids is 1. The van der Waals surface area contributed by atoms with Crippen molar-refractivity contribution in [2.45, 2.75) is 44.6 Å². The second-order valence-corrected chi connectivity index (χ2v) is 10.6. The van der Waals surface area contributed by atoms with Gasteiger partial charge in [-0.3, -0.25) is 14.4 Å². The smallest absolute Gasteiger partial charge is 0.496 e. The van der Waals surface area contributed by atoms with Crippen LogP contribution in [0.15, 0.2) is 71.7 Å². The molecule has 0 fully saturated rings. The minimum absolute atomic E-state index is 0.0370. The number of carboxylic acids is 1. The molecule has 0 saturated heterocycles. The van der Waals surface area contributed by atoms with Crippen molar-refractivity contribution in [3.05, 3.63) is 93.9 Å². The number of benzene rings is 3. The minimum Gasteiger partial charge on any atom is -0.496 e. The summed E-state index contributed by atoms with van der Waals surface area (Å²) >= 11 is 0. The maximum Gasteiger partial charge on any atom is 0.573 e. The summed E-state index contributed by atoms with van der Waals surface area (Å²) in [7, 11) is 2.89. The van der Waals surface area contributed by atoms with Crippen molar-refractivity contribution in [2.24, 2.45) is 0 Å². The number of H-pyrrole nitrogens is 1. The van der Waals surface area contributed by atoms with Crippen molar-refractivity contribution in [3.63, 3.8) is 0 Å². The number of rotatable bonds is 12. The lowest BCUT2D eigenvalue weighted by Crippen LogP contribution is -2.35. The Morgan fingerprint density at radius 1 is 1.07 bits per heavy atom. The number of carboxylic acid groups (broad SMARTS) is 1. The summed E-state index contributed by atoms with van der Waals surface area (Å²) in [6.45, 7) is 1.60. The molecule has 0 aliphatic rings. The summed E-state index contributed by atoms with van der Waals surface area (Å²) in [6, 6.07) is 14.4. The number of carbonyl (C=O) groups excluding carboxylic acids is 1. The van der Waals surface area contributed by atoms with Gasteiger partial charge in [0.05, 0.1) is 7.11 Å². The Bertz CT molecular complexity index is 1760. The topological polar surface area (TPSA) is 147 Å². The number of anilines is 2. The number of halogens is 3. The van der Waals surface area contributed by atoms with E-state index in [9.17, 15) is 27.6 Å². The number of methoxy groups -OCH3 is 1. The van der Waals surface area contributed by atoms with E-state index in [1.54, 1.807) is 42.5 Å². The van der Waals surface area contributed by atoms with Crippen LogP contribution in [-0.4, -0.2) is 47.4 Å². The van der Waals surface area contributed by atoms with Crippen molar-refractivity contribution in [1.82, 2.24) is 9.88 Å². The van der Waals surface area contributed by atoms with Crippen molar-refractivity contribution in [3.8, 4) is 11.5 Å². The second kappa shape index (κ2) is 13.6. The van der Waals surface area contributed by atoms with Gasteiger partial charge in [-0.15, -0.1) is 13.2 Å². The number of alkyl halides is 3. The number of aromatic nitrogens is 1. The van der Waals surface area contributed by atoms with Gasteiger partial charge in [0.25, 0.3) is 5.56 Å². The number of ether oxygens (including phenoxy) is 2. The Morgan fingerprint density at radius 2 is 1.82 bits per heavy atom. The van der Waals surface area contributed by atoms with Gasteiger partial charge in [-0.05, 0) is 71.3 Å². The molecule has 1 unspecified atom stereocenters. The predicted octanol–water partition coefficient (Wildman–Crippen LogP) is 5.80. The first-order valence-corrected chi connectivity index (χ1v) is 13.9. The van der Waals surface area contributed by atoms with Crippen molar-refractivity contribution in [1.29, 1.82) is 0 Å². The van der Waals surface area contributed by atoms with Crippen LogP contribution in [0.25, 0.3) is 10.8 Å². The zero-order valence-corrected chi connectivity index (χ0v) is 24.8. The first kappa shape index (κ1) is 32.7. The molecule has 4 aromatic rings. The average Bonchev–Trinajstić information content (AvgIpc) is 2.99. The molecule has 0 bridgehead atoms. The van der Waals surface area contributed by atoms with E-state index in [1.165, 1.54) is 37.4 Å². The summed E-state index contributed by atoms with van der Waals surface area (Å²) < 4.78 is 49.0. The number of nitrogens with one attached hydrogen (secondary N) is 2. The van der Waals surface area contributed by atoms with Gasteiger partial charge >= 0.3 is 12.3 Å². The van der Waals surface area contributed by atoms with E-state index in [2.05, 4.69) is 15.0 Å². The number of nitrogens with two attached hydrogens (primary N) is 1. The summed E-state index contributed by atoms with van der Waals surface area (Å²) in [5, 5.41) is 13.4. The number of nitrogen functional groups attached to an aromatic ring is 1. The fourth-order valence-corrected chi connectivity index (χ4v) is 5.04. The zero-order valence-electron chi connectivity index (χ0n) is 24.8. The molecule has 1 heterocycles. The van der Waals surface area contributed by atoms with Crippen LogP contribution in [-0.2, 0) is 16.1 Å². The number of hydrogen-bond donors (Lipinski definition) is 4. The Kier molecular flexibility index (Phi) is 9.90. The third kappa shape index (κ3) is 8.25. The highest BCUT2D eigenvalue weighted by Crippen LogP contribution is 2.35. The molecule has 0 saturated carbocycles. The van der Waals surface area contributed by atoms with Gasteiger partial charge in [-0.1, -0.05) is 25.1 Å². The molecular weight excluding hydrogens is 593 g/mol. The van der Waals surface area contributed by atoms with Gasteiger partial charge in [0.1, 0.15) is 17.5 Å². The molecule has 10 nitrogen and oxygen atoms in total. The van der Waals surface area contributed by atoms with Crippen molar-refractivity contribution in [2.75, 3.05) is 25.2 Å². The Morgan fingerprint density at radius 3 is 2.51 bits per heavy atom. The maximum absolute atomic E-state index is 14.1. The third-order valence-corrected chi connectivity index (χ3v) is 7.34. The molecule has 5 N–H and O–H groups in total. The van der Waals surface area contributed by atoms with Gasteiger partial charge in [-0.2, -0.15) is 0 Å². The van der Waals surface area contributed by atoms with Gasteiger partial charge in [-0.25, -0.2) is 0 Å². The number of amides is 1. The molecule has 0 radical (unpaired) electrons. The first-order chi connectivity index (χ1) is 21.3. The molecule has 2 atom stereocenters. The number of pyridine rings is 1. The second-order valence-electron chi connectivity index (χ2n) is 10.6. The maximum atomic E-state index is 14.1. The number of likely N-dealkylation sites (N-methyl/N-ethyl adjacent to an activating group) is 1. The fourth-order valence-electron chi connectivity index (χ4n) is 5.04. The van der Waals surface area contributed by atoms with E-state index in [1.807, 2.05) is 6.92 Å². The van der Waals surface area contributed by atoms with Crippen LogP contribution in [0.3, 0.4) is 0 Å². The monoisotopic (exact) mass is 626 g/mol. The Hall–Kier alpha value is -5.20. The quantitative estimate of drug-likeness (QED) is 0.144. The number of nitrogens with zero attached hydrogens (tertiary/aromatic N) is 1. The number of hydrogen-bond acceptors (Lipinski definition) is 7. The lowest BCUT2D eigenvalue weighted by atomic mass is 9.92. The first-order valence-electron chi connectivity index (χ1n) is 13.9. The number of fused-ring (bicyclic) bond motifs is 1. The molecule has 3 aromatic carbocycles. The molecule has 4 rings (SSSR count). The van der Waals surface area contributed by atoms with Gasteiger partial charge in [0.2, 0.25) is 5.91 Å². The molecule has 238 valence electrons. The van der Waals surface area contributed by atoms with E-state index in [-0.39, 0.29) is 35.7 Å². The molecule has 1 aromatic heterocycles. The summed E-state index contributed by atoms with van der Waals surface area (Å²) in [4.78, 5) is 41.5. The normalized spacial score (nSPS) is 12.8. The average molecular weight is 627 g/mol. The molecular formula is C32H33F3N4O6. The Balaban J connectivity index is 1.72. The third-order valence-electron chi connectivity index (χ3n) is 7.34. The summed E-state index contributed by atoms with van der Waals surface area (Å²) in [5.41, 5.74) is 7.38. The van der Waals surface area contributed by atoms with Crippen LogP contribution >= 0.6 is 0 Å². The molecule has 0 spiro atoms. The van der Waals surface area contributed by atoms with E-state index < -0.39 is 30.0 Å². The molecule has 45 heavy (non-hydrogen) atoms. The van der Waals surface area contributed by atoms with Crippen LogP contribution in [0.1, 0.15) is 48.4 Å². The lowest BCUT2D eigenvalue weighted by Gasteiger charge is -2.27. The van der Waals surface area contributed by atoms with Crippen LogP contribution in [0.4, 0.5) is 24.5 Å². The van der Waals surface area contributed by atoms with E-state index in [0.717, 1.165) is 11.6 Å². The lowest BCUT2D eigenvalue weighted by molar-refractivity contribution is -0.275. The van der Waals surface area contributed by atoms with Gasteiger partial charge < -0.3 is 35.5 Å². The van der Waals surface area contributed by atoms with E-state index in [0.29, 0.717) is 34.2 Å². The fraction of sp³-hybridized carbons (Fsp3) is 0.281. The standard InChI is InChI=1S/C32H33F3N4O6/c1-18(4-11-28(40)41)24-9-6-20(15-27(24)44-3)29(38-23-8-5-19-12-13-37-30(42)25(19)16-23)31(43)39(2)17-21-14-22(36)7-10-26(21)45-32(33,34)35/h5-10,12-16,18,29,38H,4,11,17,36H2,1-3H3,(H,37,42)(H,40,41)/t18-,29?/m0/s1. The van der Waals surface area contributed by atoms with Crippen LogP contribution in [0, 0.1) is 0 Å². The Labute approximate surface area is 256 Å². The van der Waals surface area contributed by atoms with Crippen molar-refractivity contribution >= 4 is 34.0 Å². The molecule has 1 amide bonds. The molecule has 0 aliphatic heterocycles. The molecule has 0 aliphatic carbocycles. The number of aromatic amines is 1. The van der Waals surface area contributed by atoms with Gasteiger partial charge in [0.15, 0.2) is 0 Å². The SMILES string of the molecule is COc1cc(C(Nc2ccc3cc[nH]c(=O)c3c2)C(=O)N(C)Cc2cc(N)ccc2OC(F)(F)F)ccc1[C@@H](C)CCC(=O)O. The van der Waals surface area contributed by atoms with Crippen LogP contribution in [0.5, 0.6) is 11.5 Å². The van der Waals surface area contributed by atoms with E-state index >= 15 is 0 Å². The van der Waals surface area contributed by atoms with Crippen LogP contribution < -0.4 is 26.1 Å². The van der Waals surface area contributed by atoms with Crippen LogP contribution in [0.2, 0.25) is 0 Å². The highest BCUT2D eigenvalue weighted by molar-refractivity contribution is 5.89. The van der Waals surface area contributed by atoms with Crippen molar-refractivity contribution < 1.29 is 37.3 Å². The van der Waals surface area contributed by atoms with E-state index in [4.69, 9.17) is 15.6 Å². The summed E-state index contributed by atoms with van der Waals surface area (Å²) in [6.07, 6.45) is -3.10. The largest absolute Gasteiger partial charge is 0.573 e. The zero-order chi connectivity index (χ0) is 32.9. The molecule has 13 heteroatoms. The highest BCUT2D eigenvalue weighted by atomic mass is 19.4. The van der Waals surface area contributed by atoms with Gasteiger partial charge in [0, 0.05) is 48.5 Å². The summed E-state index contributed by atoms with van der Waals surface area (Å²) in [5.74, 6) is -1.67. The predicted molar refractivity (Wildman–Crippen MR) is 163 cm³/mol. The highest BCUT2D eigenvalue weighted by Gasteiger charge is 2.33. The number of carbonyl (C=O) groups is 2.